The Morgan fingerprint density at radius 3 is 2.57 bits per heavy atom. The van der Waals surface area contributed by atoms with Gasteiger partial charge in [-0.3, -0.25) is 4.79 Å². The third-order valence-electron chi connectivity index (χ3n) is 2.66. The predicted molar refractivity (Wildman–Crippen MR) is 48.0 cm³/mol. The minimum absolute atomic E-state index is 0.0811. The molecule has 0 spiro atoms. The minimum Gasteiger partial charge on any atom is -0.300 e. The van der Waals surface area contributed by atoms with Gasteiger partial charge in [0.25, 0.3) is 0 Å². The van der Waals surface area contributed by atoms with Gasteiger partial charge in [0.15, 0.2) is 11.6 Å². The lowest BCUT2D eigenvalue weighted by molar-refractivity contribution is -0.117. The average molecular weight is 196 g/mol. The Kier molecular flexibility index (Phi) is 2.32. The van der Waals surface area contributed by atoms with Crippen molar-refractivity contribution in [1.29, 1.82) is 0 Å². The fourth-order valence-corrected chi connectivity index (χ4v) is 1.86. The molecular formula is C11H10F2O. The van der Waals surface area contributed by atoms with Crippen molar-refractivity contribution in [2.45, 2.75) is 25.2 Å². The van der Waals surface area contributed by atoms with E-state index in [0.29, 0.717) is 12.8 Å². The number of benzene rings is 1. The van der Waals surface area contributed by atoms with Gasteiger partial charge in [-0.2, -0.15) is 0 Å². The quantitative estimate of drug-likeness (QED) is 0.675. The highest BCUT2D eigenvalue weighted by atomic mass is 19.2. The fourth-order valence-electron chi connectivity index (χ4n) is 1.86. The molecule has 0 unspecified atom stereocenters. The lowest BCUT2D eigenvalue weighted by Gasteiger charge is -2.08. The maximum absolute atomic E-state index is 12.9. The smallest absolute Gasteiger partial charge is 0.159 e. The SMILES string of the molecule is O=C1CC[C@H](c2ccc(F)c(F)c2)C1. The van der Waals surface area contributed by atoms with E-state index in [1.807, 2.05) is 0 Å². The summed E-state index contributed by atoms with van der Waals surface area (Å²) in [7, 11) is 0. The second kappa shape index (κ2) is 3.48. The number of Topliss-reactive ketones (excluding diaryl/α,β-unsaturated/α-hetero) is 1. The highest BCUT2D eigenvalue weighted by Crippen LogP contribution is 2.32. The highest BCUT2D eigenvalue weighted by molar-refractivity contribution is 5.81. The Morgan fingerprint density at radius 1 is 1.21 bits per heavy atom. The molecule has 0 bridgehead atoms. The second-order valence-corrected chi connectivity index (χ2v) is 3.65. The van der Waals surface area contributed by atoms with E-state index in [0.717, 1.165) is 18.1 Å². The molecule has 14 heavy (non-hydrogen) atoms. The van der Waals surface area contributed by atoms with Crippen LogP contribution in [0.5, 0.6) is 0 Å². The van der Waals surface area contributed by atoms with Crippen molar-refractivity contribution in [3.8, 4) is 0 Å². The average Bonchev–Trinajstić information content (AvgIpc) is 2.57. The van der Waals surface area contributed by atoms with E-state index < -0.39 is 11.6 Å². The lowest BCUT2D eigenvalue weighted by atomic mass is 9.98. The van der Waals surface area contributed by atoms with E-state index in [4.69, 9.17) is 0 Å². The monoisotopic (exact) mass is 196 g/mol. The van der Waals surface area contributed by atoms with Crippen molar-refractivity contribution < 1.29 is 13.6 Å². The molecule has 1 saturated carbocycles. The largest absolute Gasteiger partial charge is 0.300 e. The summed E-state index contributed by atoms with van der Waals surface area (Å²) >= 11 is 0. The van der Waals surface area contributed by atoms with Gasteiger partial charge in [-0.15, -0.1) is 0 Å². The number of carbonyl (C=O) groups is 1. The predicted octanol–water partition coefficient (Wildman–Crippen LogP) is 2.80. The molecule has 1 aliphatic rings. The van der Waals surface area contributed by atoms with E-state index in [1.165, 1.54) is 6.07 Å². The maximum Gasteiger partial charge on any atom is 0.159 e. The van der Waals surface area contributed by atoms with Gasteiger partial charge in [-0.1, -0.05) is 6.07 Å². The van der Waals surface area contributed by atoms with E-state index >= 15 is 0 Å². The van der Waals surface area contributed by atoms with Gasteiger partial charge in [-0.25, -0.2) is 8.78 Å². The summed E-state index contributed by atoms with van der Waals surface area (Å²) in [6, 6.07) is 3.87. The first kappa shape index (κ1) is 9.31. The molecule has 0 radical (unpaired) electrons. The summed E-state index contributed by atoms with van der Waals surface area (Å²) < 4.78 is 25.5. The highest BCUT2D eigenvalue weighted by Gasteiger charge is 2.24. The molecule has 0 amide bonds. The van der Waals surface area contributed by atoms with Crippen molar-refractivity contribution in [2.24, 2.45) is 0 Å². The van der Waals surface area contributed by atoms with Crippen LogP contribution in [0.2, 0.25) is 0 Å². The van der Waals surface area contributed by atoms with E-state index in [9.17, 15) is 13.6 Å². The van der Waals surface area contributed by atoms with Crippen LogP contribution in [0.1, 0.15) is 30.7 Å². The van der Waals surface area contributed by atoms with Gasteiger partial charge in [-0.05, 0) is 30.0 Å². The molecule has 1 aliphatic carbocycles. The van der Waals surface area contributed by atoms with E-state index in [2.05, 4.69) is 0 Å². The number of rotatable bonds is 1. The molecule has 3 heteroatoms. The normalized spacial score (nSPS) is 21.6. The number of halogens is 2. The molecule has 74 valence electrons. The van der Waals surface area contributed by atoms with Crippen LogP contribution in [0.4, 0.5) is 8.78 Å². The van der Waals surface area contributed by atoms with Crippen LogP contribution in [0.25, 0.3) is 0 Å². The summed E-state index contributed by atoms with van der Waals surface area (Å²) in [5.41, 5.74) is 0.731. The zero-order valence-corrected chi connectivity index (χ0v) is 7.59. The van der Waals surface area contributed by atoms with Crippen molar-refractivity contribution in [2.75, 3.05) is 0 Å². The summed E-state index contributed by atoms with van der Waals surface area (Å²) in [5.74, 6) is -1.38. The molecule has 1 nitrogen and oxygen atoms in total. The first-order valence-corrected chi connectivity index (χ1v) is 4.63. The van der Waals surface area contributed by atoms with Crippen LogP contribution < -0.4 is 0 Å². The van der Waals surface area contributed by atoms with Crippen LogP contribution in [0, 0.1) is 11.6 Å². The molecule has 0 heterocycles. The summed E-state index contributed by atoms with van der Waals surface area (Å²) in [6.45, 7) is 0. The Bertz CT molecular complexity index is 374. The van der Waals surface area contributed by atoms with Gasteiger partial charge < -0.3 is 0 Å². The van der Waals surface area contributed by atoms with Crippen molar-refractivity contribution >= 4 is 5.78 Å². The van der Waals surface area contributed by atoms with Gasteiger partial charge in [0.05, 0.1) is 0 Å². The number of ketones is 1. The van der Waals surface area contributed by atoms with Crippen LogP contribution >= 0.6 is 0 Å². The Labute approximate surface area is 80.7 Å². The van der Waals surface area contributed by atoms with Crippen molar-refractivity contribution in [1.82, 2.24) is 0 Å². The summed E-state index contributed by atoms with van der Waals surface area (Å²) in [6.07, 6.45) is 1.78. The standard InChI is InChI=1S/C11H10F2O/c12-10-4-2-8(6-11(10)13)7-1-3-9(14)5-7/h2,4,6-7H,1,3,5H2/t7-/m0/s1. The van der Waals surface area contributed by atoms with Gasteiger partial charge in [0.1, 0.15) is 5.78 Å². The van der Waals surface area contributed by atoms with Crippen molar-refractivity contribution in [3.63, 3.8) is 0 Å². The minimum atomic E-state index is -0.835. The summed E-state index contributed by atoms with van der Waals surface area (Å²) in [4.78, 5) is 11.0. The van der Waals surface area contributed by atoms with E-state index in [-0.39, 0.29) is 11.7 Å². The third kappa shape index (κ3) is 1.67. The molecule has 0 saturated heterocycles. The lowest BCUT2D eigenvalue weighted by Crippen LogP contribution is -1.96. The molecular weight excluding hydrogens is 186 g/mol. The molecule has 1 fully saturated rings. The Morgan fingerprint density at radius 2 is 2.00 bits per heavy atom. The molecule has 0 N–H and O–H groups in total. The fraction of sp³-hybridized carbons (Fsp3) is 0.364. The number of hydrogen-bond acceptors (Lipinski definition) is 1. The van der Waals surface area contributed by atoms with Crippen molar-refractivity contribution in [3.05, 3.63) is 35.4 Å². The second-order valence-electron chi connectivity index (χ2n) is 3.65. The summed E-state index contributed by atoms with van der Waals surface area (Å²) in [5, 5.41) is 0. The number of carbonyl (C=O) groups excluding carboxylic acids is 1. The van der Waals surface area contributed by atoms with E-state index in [1.54, 1.807) is 6.07 Å². The zero-order valence-electron chi connectivity index (χ0n) is 7.59. The zero-order chi connectivity index (χ0) is 10.1. The van der Waals surface area contributed by atoms with Gasteiger partial charge in [0, 0.05) is 12.8 Å². The molecule has 1 aromatic carbocycles. The Hall–Kier alpha value is -1.25. The van der Waals surface area contributed by atoms with Crippen LogP contribution in [0.15, 0.2) is 18.2 Å². The first-order chi connectivity index (χ1) is 6.66. The Balaban J connectivity index is 2.24. The molecule has 1 aromatic rings. The molecule has 2 rings (SSSR count). The van der Waals surface area contributed by atoms with Crippen LogP contribution in [0.3, 0.4) is 0 Å². The van der Waals surface area contributed by atoms with Crippen LogP contribution in [-0.2, 0) is 4.79 Å². The van der Waals surface area contributed by atoms with Crippen LogP contribution in [-0.4, -0.2) is 5.78 Å². The molecule has 1 atom stereocenters. The first-order valence-electron chi connectivity index (χ1n) is 4.63. The van der Waals surface area contributed by atoms with Gasteiger partial charge in [0.2, 0.25) is 0 Å². The molecule has 0 aliphatic heterocycles. The number of hydrogen-bond donors (Lipinski definition) is 0. The topological polar surface area (TPSA) is 17.1 Å². The molecule has 0 aromatic heterocycles. The van der Waals surface area contributed by atoms with Gasteiger partial charge >= 0.3 is 0 Å². The maximum atomic E-state index is 12.9. The third-order valence-corrected chi connectivity index (χ3v) is 2.66.